The first-order valence-corrected chi connectivity index (χ1v) is 7.81. The monoisotopic (exact) mass is 361 g/mol. The number of halogens is 1. The second-order valence-corrected chi connectivity index (χ2v) is 6.57. The van der Waals surface area contributed by atoms with Gasteiger partial charge in [-0.05, 0) is 18.2 Å². The van der Waals surface area contributed by atoms with Crippen LogP contribution in [0.3, 0.4) is 0 Å². The number of carbonyl (C=O) groups is 2. The van der Waals surface area contributed by atoms with Crippen LogP contribution >= 0.6 is 15.9 Å². The topological polar surface area (TPSA) is 118 Å². The van der Waals surface area contributed by atoms with E-state index in [-0.39, 0.29) is 16.6 Å². The lowest BCUT2D eigenvalue weighted by molar-refractivity contribution is 0.0978. The van der Waals surface area contributed by atoms with E-state index in [4.69, 9.17) is 5.11 Å². The Bertz CT molecular complexity index is 827. The lowest BCUT2D eigenvalue weighted by atomic mass is 10.2. The molecule has 2 rings (SSSR count). The third kappa shape index (κ3) is 2.80. The quantitative estimate of drug-likeness (QED) is 0.823. The van der Waals surface area contributed by atoms with Crippen molar-refractivity contribution in [3.05, 3.63) is 28.4 Å². The zero-order valence-corrected chi connectivity index (χ0v) is 12.4. The molecule has 0 saturated heterocycles. The molecule has 0 atom stereocenters. The highest BCUT2D eigenvalue weighted by atomic mass is 79.9. The van der Waals surface area contributed by atoms with Gasteiger partial charge in [-0.3, -0.25) is 4.79 Å². The van der Waals surface area contributed by atoms with E-state index in [1.165, 1.54) is 12.1 Å². The van der Waals surface area contributed by atoms with Gasteiger partial charge in [0.2, 0.25) is 10.0 Å². The number of nitrogens with one attached hydrogen (secondary N) is 1. The number of carboxylic acid groups (broad SMARTS) is 1. The molecular weight excluding hydrogens is 354 g/mol. The van der Waals surface area contributed by atoms with Gasteiger partial charge in [-0.1, -0.05) is 15.9 Å². The highest BCUT2D eigenvalue weighted by Gasteiger charge is 2.22. The zero-order chi connectivity index (χ0) is 15.1. The average Bonchev–Trinajstić information content (AvgIpc) is 2.65. The lowest BCUT2D eigenvalue weighted by Gasteiger charge is -1.99. The number of sulfonamides is 1. The largest absolute Gasteiger partial charge is 0.463 e. The fourth-order valence-electron chi connectivity index (χ4n) is 1.62. The van der Waals surface area contributed by atoms with Crippen LogP contribution in [-0.2, 0) is 10.0 Å². The van der Waals surface area contributed by atoms with Crippen LogP contribution in [0.1, 0.15) is 10.5 Å². The molecule has 10 heteroatoms. The van der Waals surface area contributed by atoms with Gasteiger partial charge in [0.15, 0.2) is 5.69 Å². The minimum absolute atomic E-state index is 0.180. The summed E-state index contributed by atoms with van der Waals surface area (Å²) in [4.78, 5) is 22.9. The molecule has 0 aliphatic rings. The molecule has 2 N–H and O–H groups in total. The van der Waals surface area contributed by atoms with Crippen molar-refractivity contribution >= 4 is 48.9 Å². The number of fused-ring (bicyclic) bond motifs is 1. The first-order chi connectivity index (χ1) is 9.19. The molecule has 8 nitrogen and oxygen atoms in total. The van der Waals surface area contributed by atoms with E-state index in [2.05, 4.69) is 21.0 Å². The second kappa shape index (κ2) is 4.87. The number of hydrogen-bond donors (Lipinski definition) is 2. The normalized spacial score (nSPS) is 11.5. The van der Waals surface area contributed by atoms with E-state index >= 15 is 0 Å². The van der Waals surface area contributed by atoms with Crippen LogP contribution in [0.15, 0.2) is 22.7 Å². The van der Waals surface area contributed by atoms with Crippen LogP contribution in [0.5, 0.6) is 0 Å². The van der Waals surface area contributed by atoms with Gasteiger partial charge in [-0.2, -0.15) is 9.78 Å². The van der Waals surface area contributed by atoms with Crippen molar-refractivity contribution in [3.8, 4) is 0 Å². The van der Waals surface area contributed by atoms with Gasteiger partial charge in [-0.15, -0.1) is 0 Å². The van der Waals surface area contributed by atoms with Gasteiger partial charge in [-0.25, -0.2) is 17.9 Å². The van der Waals surface area contributed by atoms with E-state index in [0.29, 0.717) is 9.15 Å². The van der Waals surface area contributed by atoms with Crippen LogP contribution in [0.4, 0.5) is 4.79 Å². The lowest BCUT2D eigenvalue weighted by Crippen LogP contribution is -2.30. The van der Waals surface area contributed by atoms with E-state index in [1.807, 2.05) is 0 Å². The number of rotatable bonds is 2. The first kappa shape index (κ1) is 14.5. The van der Waals surface area contributed by atoms with Gasteiger partial charge >= 0.3 is 6.09 Å². The number of nitrogens with zero attached hydrogens (tertiary/aromatic N) is 2. The van der Waals surface area contributed by atoms with Gasteiger partial charge in [0.25, 0.3) is 5.91 Å². The van der Waals surface area contributed by atoms with Crippen LogP contribution < -0.4 is 4.72 Å². The van der Waals surface area contributed by atoms with E-state index in [0.717, 1.165) is 6.26 Å². The molecule has 0 aliphatic carbocycles. The highest BCUT2D eigenvalue weighted by molar-refractivity contribution is 9.10. The summed E-state index contributed by atoms with van der Waals surface area (Å²) in [7, 11) is -3.77. The van der Waals surface area contributed by atoms with Crippen molar-refractivity contribution in [2.75, 3.05) is 6.26 Å². The van der Waals surface area contributed by atoms with Gasteiger partial charge in [0, 0.05) is 9.86 Å². The minimum Gasteiger partial charge on any atom is -0.463 e. The van der Waals surface area contributed by atoms with E-state index < -0.39 is 22.0 Å². The molecule has 0 bridgehead atoms. The highest BCUT2D eigenvalue weighted by Crippen LogP contribution is 2.23. The third-order valence-corrected chi connectivity index (χ3v) is 3.37. The fourth-order valence-corrected chi connectivity index (χ4v) is 2.42. The predicted molar refractivity (Wildman–Crippen MR) is 73.2 cm³/mol. The molecule has 0 saturated carbocycles. The van der Waals surface area contributed by atoms with Crippen molar-refractivity contribution in [2.45, 2.75) is 0 Å². The van der Waals surface area contributed by atoms with Gasteiger partial charge in [0.05, 0.1) is 11.8 Å². The Balaban J connectivity index is 2.67. The number of carbonyl (C=O) groups excluding carboxylic acids is 1. The molecule has 1 amide bonds. The minimum atomic E-state index is -3.77. The molecule has 0 fully saturated rings. The summed E-state index contributed by atoms with van der Waals surface area (Å²) in [6, 6.07) is 4.53. The second-order valence-electron chi connectivity index (χ2n) is 3.91. The Hall–Kier alpha value is -1.94. The number of aromatic nitrogens is 2. The summed E-state index contributed by atoms with van der Waals surface area (Å²) in [5, 5.41) is 12.9. The molecular formula is C10H8BrN3O5S. The predicted octanol–water partition coefficient (Wildman–Crippen LogP) is 1.01. The smallest absolute Gasteiger partial charge is 0.432 e. The van der Waals surface area contributed by atoms with Crippen molar-refractivity contribution in [2.24, 2.45) is 0 Å². The maximum Gasteiger partial charge on any atom is 0.432 e. The number of benzene rings is 1. The fraction of sp³-hybridized carbons (Fsp3) is 0.100. The molecule has 2 aromatic rings. The summed E-state index contributed by atoms with van der Waals surface area (Å²) in [5.74, 6) is -0.990. The standard InChI is InChI=1S/C10H8BrN3O5S/c1-20(18,19)13-9(15)8-6-4-5(11)2-3-7(6)14(12-8)10(16)17/h2-4H,1H3,(H,13,15)(H,16,17). The van der Waals surface area contributed by atoms with Crippen LogP contribution in [0.2, 0.25) is 0 Å². The van der Waals surface area contributed by atoms with Crippen LogP contribution in [-0.4, -0.2) is 41.6 Å². The molecule has 106 valence electrons. The Kier molecular flexibility index (Phi) is 3.52. The summed E-state index contributed by atoms with van der Waals surface area (Å²) in [5.41, 5.74) is -0.103. The maximum atomic E-state index is 11.8. The molecule has 0 unspecified atom stereocenters. The molecule has 0 spiro atoms. The molecule has 1 aromatic heterocycles. The Morgan fingerprint density at radius 2 is 2.05 bits per heavy atom. The van der Waals surface area contributed by atoms with Crippen LogP contribution in [0, 0.1) is 0 Å². The SMILES string of the molecule is CS(=O)(=O)NC(=O)c1nn(C(=O)O)c2ccc(Br)cc12. The molecule has 1 aromatic carbocycles. The molecule has 0 aliphatic heterocycles. The summed E-state index contributed by atoms with van der Waals surface area (Å²) in [6.45, 7) is 0. The average molecular weight is 362 g/mol. The number of hydrogen-bond acceptors (Lipinski definition) is 5. The van der Waals surface area contributed by atoms with Crippen molar-refractivity contribution in [3.63, 3.8) is 0 Å². The van der Waals surface area contributed by atoms with Gasteiger partial charge < -0.3 is 5.11 Å². The Morgan fingerprint density at radius 1 is 1.40 bits per heavy atom. The van der Waals surface area contributed by atoms with Crippen molar-refractivity contribution in [1.82, 2.24) is 14.5 Å². The first-order valence-electron chi connectivity index (χ1n) is 5.13. The molecule has 1 heterocycles. The summed E-state index contributed by atoms with van der Waals surface area (Å²) in [6.07, 6.45) is -0.562. The molecule has 0 radical (unpaired) electrons. The Morgan fingerprint density at radius 3 is 2.60 bits per heavy atom. The van der Waals surface area contributed by atoms with E-state index in [9.17, 15) is 18.0 Å². The number of amides is 1. The third-order valence-electron chi connectivity index (χ3n) is 2.32. The summed E-state index contributed by atoms with van der Waals surface area (Å²) >= 11 is 3.19. The van der Waals surface area contributed by atoms with Crippen molar-refractivity contribution < 1.29 is 23.1 Å². The van der Waals surface area contributed by atoms with Gasteiger partial charge in [0.1, 0.15) is 0 Å². The maximum absolute atomic E-state index is 11.8. The zero-order valence-electron chi connectivity index (χ0n) is 9.99. The van der Waals surface area contributed by atoms with Crippen molar-refractivity contribution in [1.29, 1.82) is 0 Å². The summed E-state index contributed by atoms with van der Waals surface area (Å²) < 4.78 is 25.1. The van der Waals surface area contributed by atoms with Crippen LogP contribution in [0.25, 0.3) is 10.9 Å². The Labute approximate surface area is 121 Å². The molecule has 20 heavy (non-hydrogen) atoms. The van der Waals surface area contributed by atoms with E-state index in [1.54, 1.807) is 10.8 Å².